The first-order valence-electron chi connectivity index (χ1n) is 14.8. The molecule has 2 nitrogen and oxygen atoms in total. The Labute approximate surface area is 228 Å². The van der Waals surface area contributed by atoms with E-state index in [1.807, 2.05) is 0 Å². The van der Waals surface area contributed by atoms with E-state index in [2.05, 4.69) is 117 Å². The zero-order chi connectivity index (χ0) is 27.6. The molecule has 2 aliphatic rings. The molecule has 37 heavy (non-hydrogen) atoms. The Kier molecular flexibility index (Phi) is 7.09. The van der Waals surface area contributed by atoms with Crippen LogP contribution in [-0.4, -0.2) is 24.2 Å². The maximum Gasteiger partial charge on any atom is 0.0435 e. The molecule has 0 spiro atoms. The van der Waals surface area contributed by atoms with Crippen LogP contribution in [0.5, 0.6) is 0 Å². The molecule has 2 aromatic rings. The normalized spacial score (nSPS) is 24.2. The van der Waals surface area contributed by atoms with Gasteiger partial charge in [0, 0.05) is 35.5 Å². The summed E-state index contributed by atoms with van der Waals surface area (Å²) in [6.45, 7) is 31.0. The average Bonchev–Trinajstić information content (AvgIpc) is 3.11. The van der Waals surface area contributed by atoms with Crippen LogP contribution in [0, 0.1) is 31.6 Å². The lowest BCUT2D eigenvalue weighted by Gasteiger charge is -2.37. The molecule has 2 aliphatic heterocycles. The molecule has 1 atom stereocenters. The standard InChI is InChI=1S/C35H54N2/c1-13-28-17-27(18-29(14-2)31(28)36-22-32(6,7)20-33(36,8)9)19-35(12)21-34(10,11)37(23-35)30-25(4)15-24(3)16-26(30)5/h15-18H,13-14,19-23H2,1-12H3. The smallest absolute Gasteiger partial charge is 0.0435 e. The summed E-state index contributed by atoms with van der Waals surface area (Å²) < 4.78 is 0. The first kappa shape index (κ1) is 28.1. The van der Waals surface area contributed by atoms with Gasteiger partial charge in [0.15, 0.2) is 0 Å². The van der Waals surface area contributed by atoms with Crippen molar-refractivity contribution in [2.75, 3.05) is 22.9 Å². The van der Waals surface area contributed by atoms with Gasteiger partial charge in [-0.1, -0.05) is 64.4 Å². The van der Waals surface area contributed by atoms with Crippen molar-refractivity contribution in [1.29, 1.82) is 0 Å². The largest absolute Gasteiger partial charge is 0.365 e. The zero-order valence-corrected chi connectivity index (χ0v) is 26.2. The van der Waals surface area contributed by atoms with Gasteiger partial charge in [0.2, 0.25) is 0 Å². The first-order chi connectivity index (χ1) is 17.0. The fraction of sp³-hybridized carbons (Fsp3) is 0.657. The number of hydrogen-bond acceptors (Lipinski definition) is 2. The predicted molar refractivity (Wildman–Crippen MR) is 164 cm³/mol. The van der Waals surface area contributed by atoms with Crippen LogP contribution in [-0.2, 0) is 19.3 Å². The van der Waals surface area contributed by atoms with Gasteiger partial charge in [-0.25, -0.2) is 0 Å². The second-order valence-corrected chi connectivity index (χ2v) is 15.0. The van der Waals surface area contributed by atoms with Crippen molar-refractivity contribution >= 4 is 11.4 Å². The first-order valence-corrected chi connectivity index (χ1v) is 14.8. The van der Waals surface area contributed by atoms with Gasteiger partial charge in [-0.3, -0.25) is 0 Å². The molecule has 0 bridgehead atoms. The van der Waals surface area contributed by atoms with Gasteiger partial charge >= 0.3 is 0 Å². The lowest BCUT2D eigenvalue weighted by Crippen LogP contribution is -2.39. The number of rotatable bonds is 6. The van der Waals surface area contributed by atoms with Gasteiger partial charge in [-0.2, -0.15) is 0 Å². The molecule has 204 valence electrons. The Morgan fingerprint density at radius 2 is 1.14 bits per heavy atom. The Hall–Kier alpha value is -1.96. The van der Waals surface area contributed by atoms with E-state index < -0.39 is 0 Å². The van der Waals surface area contributed by atoms with Crippen molar-refractivity contribution in [3.63, 3.8) is 0 Å². The Morgan fingerprint density at radius 1 is 0.649 bits per heavy atom. The van der Waals surface area contributed by atoms with E-state index in [0.717, 1.165) is 32.4 Å². The van der Waals surface area contributed by atoms with Crippen molar-refractivity contribution in [3.05, 3.63) is 57.6 Å². The Balaban J connectivity index is 1.69. The van der Waals surface area contributed by atoms with Gasteiger partial charge in [0.05, 0.1) is 0 Å². The highest BCUT2D eigenvalue weighted by molar-refractivity contribution is 5.65. The quantitative estimate of drug-likeness (QED) is 0.389. The minimum atomic E-state index is 0.145. The van der Waals surface area contributed by atoms with E-state index in [4.69, 9.17) is 0 Å². The van der Waals surface area contributed by atoms with Crippen molar-refractivity contribution in [3.8, 4) is 0 Å². The lowest BCUT2D eigenvalue weighted by molar-refractivity contribution is 0.332. The van der Waals surface area contributed by atoms with E-state index in [1.54, 1.807) is 11.1 Å². The number of benzene rings is 2. The SMILES string of the molecule is CCc1cc(CC2(C)CN(c3c(C)cc(C)cc3C)C(C)(C)C2)cc(CC)c1N1CC(C)(C)CC1(C)C. The summed E-state index contributed by atoms with van der Waals surface area (Å²) in [5, 5.41) is 0. The number of nitrogens with zero attached hydrogens (tertiary/aromatic N) is 2. The molecule has 2 fully saturated rings. The van der Waals surface area contributed by atoms with Gasteiger partial charge in [0.1, 0.15) is 0 Å². The molecule has 0 amide bonds. The van der Waals surface area contributed by atoms with E-state index in [1.165, 1.54) is 46.5 Å². The van der Waals surface area contributed by atoms with E-state index in [0.29, 0.717) is 5.41 Å². The summed E-state index contributed by atoms with van der Waals surface area (Å²) >= 11 is 0. The topological polar surface area (TPSA) is 6.48 Å². The highest BCUT2D eigenvalue weighted by Gasteiger charge is 2.47. The van der Waals surface area contributed by atoms with Crippen LogP contribution in [0.15, 0.2) is 24.3 Å². The monoisotopic (exact) mass is 502 g/mol. The second kappa shape index (κ2) is 9.35. The molecule has 1 unspecified atom stereocenters. The van der Waals surface area contributed by atoms with Crippen LogP contribution < -0.4 is 9.80 Å². The van der Waals surface area contributed by atoms with E-state index in [-0.39, 0.29) is 16.5 Å². The minimum absolute atomic E-state index is 0.145. The van der Waals surface area contributed by atoms with Crippen LogP contribution in [0.3, 0.4) is 0 Å². The number of anilines is 2. The van der Waals surface area contributed by atoms with Crippen LogP contribution in [0.1, 0.15) is 109 Å². The van der Waals surface area contributed by atoms with Crippen LogP contribution in [0.4, 0.5) is 11.4 Å². The highest BCUT2D eigenvalue weighted by atomic mass is 15.2. The fourth-order valence-electron chi connectivity index (χ4n) is 8.55. The van der Waals surface area contributed by atoms with Crippen LogP contribution >= 0.6 is 0 Å². The highest BCUT2D eigenvalue weighted by Crippen LogP contribution is 2.49. The molecule has 2 heteroatoms. The predicted octanol–water partition coefficient (Wildman–Crippen LogP) is 8.99. The maximum atomic E-state index is 2.75. The molecule has 2 heterocycles. The molecule has 0 radical (unpaired) electrons. The maximum absolute atomic E-state index is 2.75. The summed E-state index contributed by atoms with van der Waals surface area (Å²) in [6.07, 6.45) is 5.80. The minimum Gasteiger partial charge on any atom is -0.365 e. The van der Waals surface area contributed by atoms with Crippen LogP contribution in [0.2, 0.25) is 0 Å². The Morgan fingerprint density at radius 3 is 1.59 bits per heavy atom. The summed E-state index contributed by atoms with van der Waals surface area (Å²) in [5.41, 5.74) is 12.8. The summed E-state index contributed by atoms with van der Waals surface area (Å²) in [5.74, 6) is 0. The molecular formula is C35H54N2. The molecule has 2 saturated heterocycles. The van der Waals surface area contributed by atoms with Crippen molar-refractivity contribution in [2.24, 2.45) is 10.8 Å². The fourth-order valence-corrected chi connectivity index (χ4v) is 8.55. The van der Waals surface area contributed by atoms with Crippen molar-refractivity contribution in [1.82, 2.24) is 0 Å². The van der Waals surface area contributed by atoms with E-state index in [9.17, 15) is 0 Å². The molecule has 0 N–H and O–H groups in total. The van der Waals surface area contributed by atoms with Crippen molar-refractivity contribution in [2.45, 2.75) is 126 Å². The molecule has 2 aromatic carbocycles. The molecule has 0 aromatic heterocycles. The molecular weight excluding hydrogens is 448 g/mol. The number of hydrogen-bond donors (Lipinski definition) is 0. The summed E-state index contributed by atoms with van der Waals surface area (Å²) in [6, 6.07) is 9.85. The average molecular weight is 503 g/mol. The Bertz CT molecular complexity index is 1120. The molecule has 0 saturated carbocycles. The van der Waals surface area contributed by atoms with Gasteiger partial charge in [-0.15, -0.1) is 0 Å². The van der Waals surface area contributed by atoms with Crippen molar-refractivity contribution < 1.29 is 0 Å². The number of aryl methyl sites for hydroxylation is 5. The zero-order valence-electron chi connectivity index (χ0n) is 26.2. The van der Waals surface area contributed by atoms with Gasteiger partial charge in [-0.05, 0) is 119 Å². The molecule has 0 aliphatic carbocycles. The van der Waals surface area contributed by atoms with E-state index >= 15 is 0 Å². The van der Waals surface area contributed by atoms with Gasteiger partial charge < -0.3 is 9.80 Å². The third kappa shape index (κ3) is 5.32. The lowest BCUT2D eigenvalue weighted by atomic mass is 9.78. The third-order valence-electron chi connectivity index (χ3n) is 9.25. The van der Waals surface area contributed by atoms with Crippen LogP contribution in [0.25, 0.3) is 0 Å². The molecule has 4 rings (SSSR count). The third-order valence-corrected chi connectivity index (χ3v) is 9.25. The second-order valence-electron chi connectivity index (χ2n) is 15.0. The summed E-state index contributed by atoms with van der Waals surface area (Å²) in [4.78, 5) is 5.47. The summed E-state index contributed by atoms with van der Waals surface area (Å²) in [7, 11) is 0. The van der Waals surface area contributed by atoms with Gasteiger partial charge in [0.25, 0.3) is 0 Å².